The van der Waals surface area contributed by atoms with Gasteiger partial charge in [0.1, 0.15) is 0 Å². The summed E-state index contributed by atoms with van der Waals surface area (Å²) in [4.78, 5) is 24.0. The quantitative estimate of drug-likeness (QED) is 0.503. The number of carbonyl (C=O) groups excluding carboxylic acids is 2. The minimum absolute atomic E-state index is 0.0287. The van der Waals surface area contributed by atoms with Crippen molar-refractivity contribution < 1.29 is 9.59 Å². The minimum atomic E-state index is 0.0287. The molecule has 0 aromatic carbocycles. The van der Waals surface area contributed by atoms with E-state index in [9.17, 15) is 9.59 Å². The first-order valence-electron chi connectivity index (χ1n) is 4.90. The highest BCUT2D eigenvalue weighted by Gasteiger charge is 2.53. The molecule has 0 aromatic heterocycles. The van der Waals surface area contributed by atoms with Gasteiger partial charge in [-0.2, -0.15) is 0 Å². The Morgan fingerprint density at radius 2 is 1.33 bits per heavy atom. The van der Waals surface area contributed by atoms with Gasteiger partial charge in [-0.3, -0.25) is 9.59 Å². The summed E-state index contributed by atoms with van der Waals surface area (Å²) in [6.45, 7) is 0. The Kier molecular flexibility index (Phi) is 2.09. The van der Waals surface area contributed by atoms with Crippen molar-refractivity contribution in [2.45, 2.75) is 16.1 Å². The molecule has 3 rings (SSSR count). The van der Waals surface area contributed by atoms with Crippen LogP contribution >= 0.6 is 31.9 Å². The second-order valence-corrected chi connectivity index (χ2v) is 6.34. The third-order valence-corrected chi connectivity index (χ3v) is 6.65. The van der Waals surface area contributed by atoms with Gasteiger partial charge in [0.15, 0.2) is 11.6 Å². The molecule has 78 valence electrons. The van der Waals surface area contributed by atoms with E-state index in [0.29, 0.717) is 0 Å². The van der Waals surface area contributed by atoms with Crippen LogP contribution in [-0.4, -0.2) is 21.2 Å². The lowest BCUT2D eigenvalue weighted by molar-refractivity contribution is -0.115. The van der Waals surface area contributed by atoms with Gasteiger partial charge in [0.2, 0.25) is 0 Å². The van der Waals surface area contributed by atoms with E-state index in [1.165, 1.54) is 12.2 Å². The van der Waals surface area contributed by atoms with Crippen LogP contribution in [0.2, 0.25) is 0 Å². The van der Waals surface area contributed by atoms with Crippen LogP contribution < -0.4 is 0 Å². The van der Waals surface area contributed by atoms with Crippen LogP contribution in [0, 0.1) is 11.8 Å². The number of hydrogen-bond donors (Lipinski definition) is 0. The van der Waals surface area contributed by atoms with Gasteiger partial charge in [-0.15, -0.1) is 0 Å². The van der Waals surface area contributed by atoms with Crippen LogP contribution in [0.3, 0.4) is 0 Å². The van der Waals surface area contributed by atoms with Crippen LogP contribution in [0.5, 0.6) is 0 Å². The standard InChI is InChI=1S/C11H8Br2O2/c12-10-4-3-5(11(10)13)9-7(15)2-1-6(14)8(4)9/h1-2,4-5,10-11H,3H2/t4-,5+,10-,11-/m1/s1. The molecule has 4 heteroatoms. The number of halogens is 2. The van der Waals surface area contributed by atoms with Gasteiger partial charge in [0, 0.05) is 32.6 Å². The Morgan fingerprint density at radius 1 is 0.933 bits per heavy atom. The fraction of sp³-hybridized carbons (Fsp3) is 0.455. The van der Waals surface area contributed by atoms with Crippen molar-refractivity contribution in [2.24, 2.45) is 11.8 Å². The fourth-order valence-corrected chi connectivity index (χ4v) is 4.59. The zero-order valence-electron chi connectivity index (χ0n) is 7.74. The van der Waals surface area contributed by atoms with E-state index < -0.39 is 0 Å². The number of ketones is 2. The molecule has 1 fully saturated rings. The average molecular weight is 332 g/mol. The summed E-state index contributed by atoms with van der Waals surface area (Å²) < 4.78 is 0. The summed E-state index contributed by atoms with van der Waals surface area (Å²) in [5.41, 5.74) is 1.54. The monoisotopic (exact) mass is 330 g/mol. The third kappa shape index (κ3) is 1.15. The van der Waals surface area contributed by atoms with E-state index in [1.54, 1.807) is 0 Å². The van der Waals surface area contributed by atoms with Crippen molar-refractivity contribution in [3.05, 3.63) is 23.3 Å². The number of allylic oxidation sites excluding steroid dienone is 4. The van der Waals surface area contributed by atoms with E-state index in [2.05, 4.69) is 31.9 Å². The number of carbonyl (C=O) groups is 2. The van der Waals surface area contributed by atoms with Gasteiger partial charge in [-0.05, 0) is 18.6 Å². The van der Waals surface area contributed by atoms with E-state index in [1.807, 2.05) is 0 Å². The molecule has 15 heavy (non-hydrogen) atoms. The summed E-state index contributed by atoms with van der Waals surface area (Å²) in [5.74, 6) is 0.494. The molecule has 0 saturated heterocycles. The maximum Gasteiger partial charge on any atom is 0.182 e. The first-order valence-corrected chi connectivity index (χ1v) is 6.73. The van der Waals surface area contributed by atoms with Crippen LogP contribution in [0.25, 0.3) is 0 Å². The molecule has 0 amide bonds. The van der Waals surface area contributed by atoms with Crippen LogP contribution in [0.4, 0.5) is 0 Å². The topological polar surface area (TPSA) is 34.1 Å². The smallest absolute Gasteiger partial charge is 0.182 e. The van der Waals surface area contributed by atoms with Crippen molar-refractivity contribution in [1.82, 2.24) is 0 Å². The van der Waals surface area contributed by atoms with Crippen molar-refractivity contribution in [3.8, 4) is 0 Å². The molecule has 4 atom stereocenters. The maximum absolute atomic E-state index is 11.7. The molecule has 0 heterocycles. The molecular weight excluding hydrogens is 324 g/mol. The molecule has 0 aliphatic heterocycles. The van der Waals surface area contributed by atoms with E-state index >= 15 is 0 Å². The highest BCUT2D eigenvalue weighted by atomic mass is 79.9. The first kappa shape index (κ1) is 9.97. The fourth-order valence-electron chi connectivity index (χ4n) is 2.89. The van der Waals surface area contributed by atoms with E-state index in [0.717, 1.165) is 17.6 Å². The van der Waals surface area contributed by atoms with Gasteiger partial charge in [0.05, 0.1) is 0 Å². The molecule has 0 N–H and O–H groups in total. The summed E-state index contributed by atoms with van der Waals surface area (Å²) in [6, 6.07) is 0. The molecule has 3 aliphatic carbocycles. The lowest BCUT2D eigenvalue weighted by Gasteiger charge is -2.26. The highest BCUT2D eigenvalue weighted by Crippen LogP contribution is 2.55. The predicted molar refractivity (Wildman–Crippen MR) is 63.2 cm³/mol. The van der Waals surface area contributed by atoms with Crippen molar-refractivity contribution in [1.29, 1.82) is 0 Å². The molecule has 2 nitrogen and oxygen atoms in total. The molecular formula is C11H8Br2O2. The molecule has 1 saturated carbocycles. The van der Waals surface area contributed by atoms with E-state index in [-0.39, 0.29) is 33.1 Å². The average Bonchev–Trinajstić information content (AvgIpc) is 2.72. The van der Waals surface area contributed by atoms with Crippen LogP contribution in [0.1, 0.15) is 6.42 Å². The summed E-state index contributed by atoms with van der Waals surface area (Å²) in [7, 11) is 0. The number of alkyl halides is 2. The number of rotatable bonds is 0. The second kappa shape index (κ2) is 3.14. The third-order valence-electron chi connectivity index (χ3n) is 3.53. The summed E-state index contributed by atoms with van der Waals surface area (Å²) in [6.07, 6.45) is 3.74. The molecule has 0 aromatic rings. The number of fused-ring (bicyclic) bond motifs is 4. The molecule has 0 unspecified atom stereocenters. The molecule has 2 bridgehead atoms. The Morgan fingerprint density at radius 3 is 1.73 bits per heavy atom. The number of hydrogen-bond acceptors (Lipinski definition) is 2. The zero-order chi connectivity index (χ0) is 10.7. The lowest BCUT2D eigenvalue weighted by Crippen LogP contribution is -2.31. The Labute approximate surface area is 104 Å². The van der Waals surface area contributed by atoms with Gasteiger partial charge < -0.3 is 0 Å². The van der Waals surface area contributed by atoms with Crippen molar-refractivity contribution in [2.75, 3.05) is 0 Å². The van der Waals surface area contributed by atoms with Gasteiger partial charge in [-0.25, -0.2) is 0 Å². The Hall–Kier alpha value is -0.220. The summed E-state index contributed by atoms with van der Waals surface area (Å²) >= 11 is 7.20. The largest absolute Gasteiger partial charge is 0.290 e. The lowest BCUT2D eigenvalue weighted by atomic mass is 9.84. The second-order valence-electron chi connectivity index (χ2n) is 4.23. The van der Waals surface area contributed by atoms with Crippen molar-refractivity contribution >= 4 is 43.4 Å². The molecule has 3 aliphatic rings. The van der Waals surface area contributed by atoms with Gasteiger partial charge in [0.25, 0.3) is 0 Å². The first-order chi connectivity index (χ1) is 7.11. The highest BCUT2D eigenvalue weighted by molar-refractivity contribution is 9.12. The minimum Gasteiger partial charge on any atom is -0.290 e. The van der Waals surface area contributed by atoms with Gasteiger partial charge in [-0.1, -0.05) is 31.9 Å². The maximum atomic E-state index is 11.7. The Bertz CT molecular complexity index is 398. The molecule has 0 spiro atoms. The zero-order valence-corrected chi connectivity index (χ0v) is 10.9. The van der Waals surface area contributed by atoms with Gasteiger partial charge >= 0.3 is 0 Å². The Balaban J connectivity index is 2.15. The SMILES string of the molecule is O=C1C=CC(=O)C2=C1[C@H]1C[C@@H]2[C@@H](Br)[C@@H]1Br. The van der Waals surface area contributed by atoms with Crippen molar-refractivity contribution in [3.63, 3.8) is 0 Å². The molecule has 0 radical (unpaired) electrons. The predicted octanol–water partition coefficient (Wildman–Crippen LogP) is 2.17. The van der Waals surface area contributed by atoms with Crippen LogP contribution in [0.15, 0.2) is 23.3 Å². The normalized spacial score (nSPS) is 42.8. The summed E-state index contributed by atoms with van der Waals surface area (Å²) in [5, 5.41) is 0. The van der Waals surface area contributed by atoms with E-state index in [4.69, 9.17) is 0 Å². The van der Waals surface area contributed by atoms with Crippen LogP contribution in [-0.2, 0) is 9.59 Å².